The standard InChI is InChI=1S/C17H16INO3.C10H13NO2.C7H4ClIO.ClH/c1-22-17(21)15(11-12-5-3-2-4-6-12)19-16(20)13-7-9-14(18)10-8-13;1-13-10(12)9(11)7-8-5-3-2-4-6-8;8-7(10)5-1-3-6(9)4-2-5;/h2-10,15H,11H2,1H3,(H,19,20);2-6,9H,7,11H2,1H3;1-4H;1H. The zero-order chi connectivity index (χ0) is 33.2. The van der Waals surface area contributed by atoms with Crippen LogP contribution in [-0.2, 0) is 31.9 Å². The molecule has 0 saturated heterocycles. The second-order valence-corrected chi connectivity index (χ2v) is 12.2. The third-order valence-electron chi connectivity index (χ3n) is 6.05. The number of nitrogens with two attached hydrogens (primary N) is 1. The first kappa shape index (κ1) is 41.0. The van der Waals surface area contributed by atoms with Gasteiger partial charge in [0.25, 0.3) is 11.1 Å². The molecule has 0 bridgehead atoms. The van der Waals surface area contributed by atoms with E-state index in [-0.39, 0.29) is 24.3 Å². The number of hydrogen-bond acceptors (Lipinski definition) is 7. The van der Waals surface area contributed by atoms with E-state index in [4.69, 9.17) is 22.1 Å². The molecule has 0 spiro atoms. The largest absolute Gasteiger partial charge is 0.468 e. The van der Waals surface area contributed by atoms with E-state index in [0.29, 0.717) is 24.0 Å². The summed E-state index contributed by atoms with van der Waals surface area (Å²) in [4.78, 5) is 45.6. The summed E-state index contributed by atoms with van der Waals surface area (Å²) in [5, 5.41) is 2.33. The number of benzene rings is 4. The fraction of sp³-hybridized carbons (Fsp3) is 0.176. The van der Waals surface area contributed by atoms with E-state index in [0.717, 1.165) is 18.3 Å². The first-order chi connectivity index (χ1) is 21.5. The molecule has 0 aliphatic carbocycles. The van der Waals surface area contributed by atoms with Crippen LogP contribution in [-0.4, -0.2) is 49.4 Å². The Balaban J connectivity index is 0.000000375. The fourth-order valence-corrected chi connectivity index (χ4v) is 4.56. The highest BCUT2D eigenvalue weighted by Gasteiger charge is 2.22. The molecule has 0 aromatic heterocycles. The van der Waals surface area contributed by atoms with Gasteiger partial charge in [0.15, 0.2) is 0 Å². The monoisotopic (exact) mass is 890 g/mol. The lowest BCUT2D eigenvalue weighted by Crippen LogP contribution is -2.43. The number of hydrogen-bond donors (Lipinski definition) is 2. The molecule has 12 heteroatoms. The summed E-state index contributed by atoms with van der Waals surface area (Å²) in [6, 6.07) is 32.1. The smallest absolute Gasteiger partial charge is 0.328 e. The van der Waals surface area contributed by atoms with Gasteiger partial charge in [-0.25, -0.2) is 4.79 Å². The van der Waals surface area contributed by atoms with Gasteiger partial charge in [-0.3, -0.25) is 14.4 Å². The molecule has 46 heavy (non-hydrogen) atoms. The molecule has 3 N–H and O–H groups in total. The Morgan fingerprint density at radius 3 is 1.50 bits per heavy atom. The molecule has 1 amide bonds. The lowest BCUT2D eigenvalue weighted by Gasteiger charge is -2.16. The molecule has 2 unspecified atom stereocenters. The van der Waals surface area contributed by atoms with Crippen LogP contribution in [0.15, 0.2) is 109 Å². The second-order valence-electron chi connectivity index (χ2n) is 9.35. The van der Waals surface area contributed by atoms with Crippen LogP contribution in [0.2, 0.25) is 0 Å². The summed E-state index contributed by atoms with van der Waals surface area (Å²) < 4.78 is 11.4. The van der Waals surface area contributed by atoms with Gasteiger partial charge in [-0.2, -0.15) is 0 Å². The van der Waals surface area contributed by atoms with Gasteiger partial charge in [0.05, 0.1) is 14.2 Å². The molecule has 4 aromatic carbocycles. The van der Waals surface area contributed by atoms with Crippen LogP contribution in [0.5, 0.6) is 0 Å². The maximum Gasteiger partial charge on any atom is 0.328 e. The third kappa shape index (κ3) is 15.5. The SMILES string of the molecule is COC(=O)C(Cc1ccccc1)NC(=O)c1ccc(I)cc1.COC(=O)C(N)Cc1ccccc1.Cl.O=C(Cl)c1ccc(I)cc1. The minimum Gasteiger partial charge on any atom is -0.468 e. The van der Waals surface area contributed by atoms with Crippen molar-refractivity contribution in [3.05, 3.63) is 139 Å². The van der Waals surface area contributed by atoms with Crippen molar-refractivity contribution in [2.45, 2.75) is 24.9 Å². The van der Waals surface area contributed by atoms with E-state index < -0.39 is 23.3 Å². The van der Waals surface area contributed by atoms with Crippen LogP contribution in [0, 0.1) is 7.14 Å². The minimum atomic E-state index is -0.709. The highest BCUT2D eigenvalue weighted by Crippen LogP contribution is 2.10. The lowest BCUT2D eigenvalue weighted by molar-refractivity contribution is -0.143. The Morgan fingerprint density at radius 2 is 1.09 bits per heavy atom. The number of carbonyl (C=O) groups is 4. The van der Waals surface area contributed by atoms with Gasteiger partial charge < -0.3 is 20.5 Å². The zero-order valence-electron chi connectivity index (χ0n) is 25.0. The Morgan fingerprint density at radius 1 is 0.674 bits per heavy atom. The first-order valence-corrected chi connectivity index (χ1v) is 16.1. The van der Waals surface area contributed by atoms with Crippen LogP contribution < -0.4 is 11.1 Å². The molecule has 0 heterocycles. The van der Waals surface area contributed by atoms with Gasteiger partial charge in [0, 0.05) is 24.7 Å². The average Bonchev–Trinajstić information content (AvgIpc) is 3.05. The molecular formula is C34H34Cl2I2N2O6. The summed E-state index contributed by atoms with van der Waals surface area (Å²) in [6.07, 6.45) is 0.914. The number of amides is 1. The van der Waals surface area contributed by atoms with Crippen molar-refractivity contribution in [2.75, 3.05) is 14.2 Å². The second kappa shape index (κ2) is 22.5. The average molecular weight is 891 g/mol. The van der Waals surface area contributed by atoms with Crippen LogP contribution >= 0.6 is 69.2 Å². The molecule has 4 aromatic rings. The van der Waals surface area contributed by atoms with Crippen molar-refractivity contribution in [1.29, 1.82) is 0 Å². The van der Waals surface area contributed by atoms with Crippen molar-refractivity contribution < 1.29 is 28.7 Å². The summed E-state index contributed by atoms with van der Waals surface area (Å²) >= 11 is 9.55. The summed E-state index contributed by atoms with van der Waals surface area (Å²) in [6.45, 7) is 0. The molecular weight excluding hydrogens is 857 g/mol. The number of rotatable bonds is 9. The Kier molecular flexibility index (Phi) is 20.0. The van der Waals surface area contributed by atoms with Crippen LogP contribution in [0.4, 0.5) is 0 Å². The topological polar surface area (TPSA) is 125 Å². The van der Waals surface area contributed by atoms with E-state index in [2.05, 4.69) is 55.2 Å². The van der Waals surface area contributed by atoms with E-state index in [1.807, 2.05) is 84.9 Å². The molecule has 2 atom stereocenters. The lowest BCUT2D eigenvalue weighted by atomic mass is 10.1. The first-order valence-electron chi connectivity index (χ1n) is 13.5. The normalized spacial score (nSPS) is 11.0. The van der Waals surface area contributed by atoms with E-state index in [1.165, 1.54) is 14.2 Å². The summed E-state index contributed by atoms with van der Waals surface area (Å²) in [7, 11) is 2.66. The van der Waals surface area contributed by atoms with Crippen molar-refractivity contribution in [1.82, 2.24) is 5.32 Å². The Labute approximate surface area is 307 Å². The maximum atomic E-state index is 12.3. The van der Waals surface area contributed by atoms with Crippen molar-refractivity contribution >= 4 is 92.3 Å². The number of carbonyl (C=O) groups excluding carboxylic acids is 4. The van der Waals surface area contributed by atoms with Gasteiger partial charge in [-0.1, -0.05) is 60.7 Å². The molecule has 8 nitrogen and oxygen atoms in total. The number of methoxy groups -OCH3 is 2. The molecule has 0 radical (unpaired) electrons. The molecule has 0 aliphatic heterocycles. The fourth-order valence-electron chi connectivity index (χ4n) is 3.71. The van der Waals surface area contributed by atoms with Gasteiger partial charge in [-0.15, -0.1) is 12.4 Å². The predicted octanol–water partition coefficient (Wildman–Crippen LogP) is 6.63. The minimum absolute atomic E-state index is 0. The van der Waals surface area contributed by atoms with Gasteiger partial charge in [0.2, 0.25) is 0 Å². The molecule has 0 aliphatic rings. The van der Waals surface area contributed by atoms with Gasteiger partial charge in [-0.05, 0) is 123 Å². The van der Waals surface area contributed by atoms with Gasteiger partial charge in [0.1, 0.15) is 12.1 Å². The highest BCUT2D eigenvalue weighted by atomic mass is 127. The molecule has 244 valence electrons. The van der Waals surface area contributed by atoms with Crippen molar-refractivity contribution in [3.63, 3.8) is 0 Å². The summed E-state index contributed by atoms with van der Waals surface area (Å²) in [5.41, 5.74) is 8.65. The number of ether oxygens (including phenoxy) is 2. The van der Waals surface area contributed by atoms with Crippen LogP contribution in [0.25, 0.3) is 0 Å². The van der Waals surface area contributed by atoms with E-state index in [9.17, 15) is 19.2 Å². The van der Waals surface area contributed by atoms with Crippen molar-refractivity contribution in [3.8, 4) is 0 Å². The number of esters is 2. The Bertz CT molecular complexity index is 1510. The predicted molar refractivity (Wildman–Crippen MR) is 199 cm³/mol. The Hall–Kier alpha value is -3.04. The highest BCUT2D eigenvalue weighted by molar-refractivity contribution is 14.1. The zero-order valence-corrected chi connectivity index (χ0v) is 30.9. The van der Waals surface area contributed by atoms with Crippen molar-refractivity contribution in [2.24, 2.45) is 5.73 Å². The molecule has 0 fully saturated rings. The summed E-state index contributed by atoms with van der Waals surface area (Å²) in [5.74, 6) is -1.12. The maximum absolute atomic E-state index is 12.3. The third-order valence-corrected chi connectivity index (χ3v) is 7.71. The van der Waals surface area contributed by atoms with Gasteiger partial charge >= 0.3 is 11.9 Å². The van der Waals surface area contributed by atoms with E-state index in [1.54, 1.807) is 24.3 Å². The number of halogens is 4. The van der Waals surface area contributed by atoms with Crippen LogP contribution in [0.3, 0.4) is 0 Å². The molecule has 0 saturated carbocycles. The molecule has 4 rings (SSSR count). The quantitative estimate of drug-likeness (QED) is 0.110. The van der Waals surface area contributed by atoms with Crippen LogP contribution in [0.1, 0.15) is 31.8 Å². The van der Waals surface area contributed by atoms with E-state index >= 15 is 0 Å². The number of nitrogens with one attached hydrogen (secondary N) is 1.